The highest BCUT2D eigenvalue weighted by atomic mass is 32.2. The summed E-state index contributed by atoms with van der Waals surface area (Å²) in [5, 5.41) is 5.72. The van der Waals surface area contributed by atoms with Gasteiger partial charge in [0.05, 0.1) is 5.75 Å². The summed E-state index contributed by atoms with van der Waals surface area (Å²) in [7, 11) is -3.79. The molecule has 0 aliphatic carbocycles. The zero-order valence-electron chi connectivity index (χ0n) is 15.6. The van der Waals surface area contributed by atoms with Crippen LogP contribution in [0.15, 0.2) is 12.2 Å². The lowest BCUT2D eigenvalue weighted by Crippen LogP contribution is -2.36. The van der Waals surface area contributed by atoms with Crippen LogP contribution in [0.4, 0.5) is 4.79 Å². The Labute approximate surface area is 153 Å². The minimum Gasteiger partial charge on any atom is -0.338 e. The summed E-state index contributed by atoms with van der Waals surface area (Å²) in [6.45, 7) is 3.60. The van der Waals surface area contributed by atoms with Crippen LogP contribution in [0.25, 0.3) is 0 Å². The van der Waals surface area contributed by atoms with Gasteiger partial charge in [-0.05, 0) is 44.9 Å². The fourth-order valence-corrected chi connectivity index (χ4v) is 2.93. The number of carbonyl (C=O) groups is 1. The van der Waals surface area contributed by atoms with Gasteiger partial charge >= 0.3 is 6.03 Å². The van der Waals surface area contributed by atoms with E-state index >= 15 is 0 Å². The van der Waals surface area contributed by atoms with Crippen molar-refractivity contribution >= 4 is 16.1 Å². The first kappa shape index (κ1) is 23.9. The molecule has 0 atom stereocenters. The topological polar surface area (TPSA) is 95.5 Å². The Bertz CT molecular complexity index is 450. The van der Waals surface area contributed by atoms with Crippen LogP contribution in [0.2, 0.25) is 0 Å². The highest BCUT2D eigenvalue weighted by molar-refractivity contribution is 7.85. The predicted molar refractivity (Wildman–Crippen MR) is 103 cm³/mol. The molecule has 0 spiro atoms. The van der Waals surface area contributed by atoms with Gasteiger partial charge in [-0.2, -0.15) is 8.42 Å². The van der Waals surface area contributed by atoms with Crippen molar-refractivity contribution in [2.75, 3.05) is 18.8 Å². The monoisotopic (exact) mass is 376 g/mol. The Morgan fingerprint density at radius 3 is 1.92 bits per heavy atom. The van der Waals surface area contributed by atoms with Crippen molar-refractivity contribution in [2.24, 2.45) is 0 Å². The molecule has 0 saturated carbocycles. The van der Waals surface area contributed by atoms with E-state index in [1.807, 2.05) is 0 Å². The molecule has 2 amide bonds. The number of carbonyl (C=O) groups excluding carboxylic acids is 1. The van der Waals surface area contributed by atoms with Crippen molar-refractivity contribution in [3.63, 3.8) is 0 Å². The van der Waals surface area contributed by atoms with E-state index in [0.29, 0.717) is 13.0 Å². The van der Waals surface area contributed by atoms with E-state index < -0.39 is 10.1 Å². The maximum Gasteiger partial charge on any atom is 0.314 e. The summed E-state index contributed by atoms with van der Waals surface area (Å²) in [5.74, 6) is -0.131. The van der Waals surface area contributed by atoms with Crippen molar-refractivity contribution in [1.82, 2.24) is 10.6 Å². The van der Waals surface area contributed by atoms with Crippen LogP contribution in [0, 0.1) is 0 Å². The molecule has 0 aliphatic heterocycles. The van der Waals surface area contributed by atoms with E-state index in [4.69, 9.17) is 4.55 Å². The number of nitrogens with one attached hydrogen (secondary N) is 2. The number of amides is 2. The number of rotatable bonds is 16. The highest BCUT2D eigenvalue weighted by Crippen LogP contribution is 2.06. The van der Waals surface area contributed by atoms with E-state index in [-0.39, 0.29) is 11.8 Å². The van der Waals surface area contributed by atoms with E-state index in [9.17, 15) is 13.2 Å². The molecule has 0 fully saturated rings. The highest BCUT2D eigenvalue weighted by Gasteiger charge is 2.02. The Balaban J connectivity index is 3.29. The minimum absolute atomic E-state index is 0.0688. The van der Waals surface area contributed by atoms with Gasteiger partial charge in [-0.15, -0.1) is 0 Å². The molecule has 25 heavy (non-hydrogen) atoms. The SMILES string of the molecule is CCCCCNC(=O)NCCCC/C=C\CCCCCCS(=O)(=O)O. The summed E-state index contributed by atoms with van der Waals surface area (Å²) in [6, 6.07) is -0.0688. The van der Waals surface area contributed by atoms with Crippen molar-refractivity contribution in [2.45, 2.75) is 77.6 Å². The third-order valence-corrected chi connectivity index (χ3v) is 4.64. The van der Waals surface area contributed by atoms with Crippen LogP contribution < -0.4 is 10.6 Å². The molecule has 0 aromatic carbocycles. The number of allylic oxidation sites excluding steroid dienone is 2. The number of hydrogen-bond donors (Lipinski definition) is 3. The molecule has 0 radical (unpaired) electrons. The molecule has 0 bridgehead atoms. The summed E-state index contributed by atoms with van der Waals surface area (Å²) in [5.41, 5.74) is 0. The van der Waals surface area contributed by atoms with Gasteiger partial charge in [-0.1, -0.05) is 44.8 Å². The standard InChI is InChI=1S/C18H36N2O4S/c1-2-3-12-15-19-18(21)20-16-13-10-8-6-4-5-7-9-11-14-17-25(22,23)24/h4,6H,2-3,5,7-17H2,1H3,(H2,19,20,21)(H,22,23,24)/b6-4-. The second-order valence-electron chi connectivity index (χ2n) is 6.35. The molecule has 0 rings (SSSR count). The fourth-order valence-electron chi connectivity index (χ4n) is 2.36. The molecule has 3 N–H and O–H groups in total. The number of hydrogen-bond acceptors (Lipinski definition) is 3. The maximum atomic E-state index is 11.5. The van der Waals surface area contributed by atoms with Crippen molar-refractivity contribution < 1.29 is 17.8 Å². The van der Waals surface area contributed by atoms with Gasteiger partial charge in [0.2, 0.25) is 0 Å². The molecule has 0 aliphatic rings. The molecule has 0 heterocycles. The van der Waals surface area contributed by atoms with Gasteiger partial charge in [0.25, 0.3) is 10.1 Å². The summed E-state index contributed by atoms with van der Waals surface area (Å²) < 4.78 is 29.7. The third-order valence-electron chi connectivity index (χ3n) is 3.84. The molecular weight excluding hydrogens is 340 g/mol. The lowest BCUT2D eigenvalue weighted by atomic mass is 10.1. The smallest absolute Gasteiger partial charge is 0.314 e. The van der Waals surface area contributed by atoms with Crippen LogP contribution in [0.3, 0.4) is 0 Å². The Morgan fingerprint density at radius 2 is 1.36 bits per heavy atom. The predicted octanol–water partition coefficient (Wildman–Crippen LogP) is 4.04. The van der Waals surface area contributed by atoms with Crippen LogP contribution in [-0.4, -0.2) is 37.8 Å². The van der Waals surface area contributed by atoms with Crippen LogP contribution >= 0.6 is 0 Å². The quantitative estimate of drug-likeness (QED) is 0.215. The lowest BCUT2D eigenvalue weighted by molar-refractivity contribution is 0.240. The molecule has 0 aromatic rings. The van der Waals surface area contributed by atoms with Crippen LogP contribution in [-0.2, 0) is 10.1 Å². The average molecular weight is 377 g/mol. The van der Waals surface area contributed by atoms with Gasteiger partial charge < -0.3 is 10.6 Å². The first-order valence-corrected chi connectivity index (χ1v) is 11.2. The Hall–Kier alpha value is -1.08. The van der Waals surface area contributed by atoms with Gasteiger partial charge in [0, 0.05) is 13.1 Å². The van der Waals surface area contributed by atoms with Gasteiger partial charge in [0.1, 0.15) is 0 Å². The summed E-state index contributed by atoms with van der Waals surface area (Å²) in [4.78, 5) is 11.5. The van der Waals surface area contributed by atoms with Gasteiger partial charge in [0.15, 0.2) is 0 Å². The summed E-state index contributed by atoms with van der Waals surface area (Å²) >= 11 is 0. The number of unbranched alkanes of at least 4 members (excludes halogenated alkanes) is 8. The third kappa shape index (κ3) is 20.9. The first-order valence-electron chi connectivity index (χ1n) is 9.57. The normalized spacial score (nSPS) is 11.8. The van der Waals surface area contributed by atoms with Crippen molar-refractivity contribution in [3.05, 3.63) is 12.2 Å². The lowest BCUT2D eigenvalue weighted by Gasteiger charge is -2.06. The molecule has 0 saturated heterocycles. The Morgan fingerprint density at radius 1 is 0.840 bits per heavy atom. The second kappa shape index (κ2) is 16.4. The minimum atomic E-state index is -3.79. The molecule has 0 unspecified atom stereocenters. The van der Waals surface area contributed by atoms with E-state index in [0.717, 1.165) is 70.8 Å². The average Bonchev–Trinajstić information content (AvgIpc) is 2.55. The fraction of sp³-hybridized carbons (Fsp3) is 0.833. The summed E-state index contributed by atoms with van der Waals surface area (Å²) in [6.07, 6.45) is 15.1. The van der Waals surface area contributed by atoms with E-state index in [1.165, 1.54) is 0 Å². The Kier molecular flexibility index (Phi) is 15.7. The van der Waals surface area contributed by atoms with E-state index in [1.54, 1.807) is 0 Å². The van der Waals surface area contributed by atoms with Crippen LogP contribution in [0.1, 0.15) is 77.6 Å². The molecule has 6 nitrogen and oxygen atoms in total. The molecule has 148 valence electrons. The van der Waals surface area contributed by atoms with Gasteiger partial charge in [-0.3, -0.25) is 4.55 Å². The molecule has 7 heteroatoms. The van der Waals surface area contributed by atoms with Crippen LogP contribution in [0.5, 0.6) is 0 Å². The van der Waals surface area contributed by atoms with E-state index in [2.05, 4.69) is 29.7 Å². The largest absolute Gasteiger partial charge is 0.338 e. The second-order valence-corrected chi connectivity index (χ2v) is 7.92. The van der Waals surface area contributed by atoms with Crippen molar-refractivity contribution in [3.8, 4) is 0 Å². The zero-order valence-corrected chi connectivity index (χ0v) is 16.5. The maximum absolute atomic E-state index is 11.5. The number of urea groups is 1. The van der Waals surface area contributed by atoms with Crippen molar-refractivity contribution in [1.29, 1.82) is 0 Å². The molecular formula is C18H36N2O4S. The zero-order chi connectivity index (χ0) is 18.8. The van der Waals surface area contributed by atoms with Gasteiger partial charge in [-0.25, -0.2) is 4.79 Å². The molecule has 0 aromatic heterocycles. The first-order chi connectivity index (χ1) is 12.0.